The summed E-state index contributed by atoms with van der Waals surface area (Å²) in [6.45, 7) is 7.06. The third-order valence-electron chi connectivity index (χ3n) is 3.27. The van der Waals surface area contributed by atoms with Crippen LogP contribution in [0.4, 0.5) is 0 Å². The predicted octanol–water partition coefficient (Wildman–Crippen LogP) is 1.23. The molecule has 1 saturated heterocycles. The lowest BCUT2D eigenvalue weighted by atomic mass is 10.2. The van der Waals surface area contributed by atoms with Crippen molar-refractivity contribution in [2.75, 3.05) is 32.8 Å². The Morgan fingerprint density at radius 3 is 2.89 bits per heavy atom. The molecule has 1 aromatic carbocycles. The number of hydrogen-bond acceptors (Lipinski definition) is 4. The lowest BCUT2D eigenvalue weighted by Gasteiger charge is -2.33. The van der Waals surface area contributed by atoms with Gasteiger partial charge in [0.15, 0.2) is 0 Å². The van der Waals surface area contributed by atoms with Crippen molar-refractivity contribution in [3.05, 3.63) is 29.8 Å². The van der Waals surface area contributed by atoms with E-state index >= 15 is 0 Å². The first-order valence-electron chi connectivity index (χ1n) is 6.37. The van der Waals surface area contributed by atoms with Crippen LogP contribution < -0.4 is 10.1 Å². The van der Waals surface area contributed by atoms with Gasteiger partial charge >= 0.3 is 0 Å². The molecule has 1 aliphatic rings. The van der Waals surface area contributed by atoms with Gasteiger partial charge in [0.1, 0.15) is 12.4 Å². The van der Waals surface area contributed by atoms with E-state index in [1.54, 1.807) is 12.1 Å². The summed E-state index contributed by atoms with van der Waals surface area (Å²) in [5.41, 5.74) is 0.665. The summed E-state index contributed by atoms with van der Waals surface area (Å²) in [7, 11) is 0. The number of ether oxygens (including phenoxy) is 1. The van der Waals surface area contributed by atoms with Gasteiger partial charge in [-0.15, -0.1) is 0 Å². The quantitative estimate of drug-likeness (QED) is 0.867. The fraction of sp³-hybridized carbons (Fsp3) is 0.500. The predicted molar refractivity (Wildman–Crippen MR) is 70.6 cm³/mol. The molecule has 0 aliphatic carbocycles. The van der Waals surface area contributed by atoms with E-state index in [-0.39, 0.29) is 0 Å². The Hall–Kier alpha value is -1.57. The van der Waals surface area contributed by atoms with Crippen molar-refractivity contribution in [1.29, 1.82) is 5.26 Å². The third kappa shape index (κ3) is 3.46. The second-order valence-electron chi connectivity index (χ2n) is 4.57. The number of benzene rings is 1. The molecule has 4 nitrogen and oxygen atoms in total. The smallest absolute Gasteiger partial charge is 0.119 e. The molecule has 1 aromatic rings. The van der Waals surface area contributed by atoms with Crippen LogP contribution in [0.1, 0.15) is 12.5 Å². The molecule has 2 rings (SSSR count). The van der Waals surface area contributed by atoms with Crippen molar-refractivity contribution < 1.29 is 4.74 Å². The maximum Gasteiger partial charge on any atom is 0.119 e. The maximum atomic E-state index is 8.70. The molecule has 0 amide bonds. The first kappa shape index (κ1) is 12.9. The largest absolute Gasteiger partial charge is 0.492 e. The summed E-state index contributed by atoms with van der Waals surface area (Å²) in [6, 6.07) is 9.92. The molecule has 1 atom stereocenters. The fourth-order valence-electron chi connectivity index (χ4n) is 2.12. The van der Waals surface area contributed by atoms with E-state index in [1.807, 2.05) is 12.1 Å². The first-order chi connectivity index (χ1) is 8.79. The van der Waals surface area contributed by atoms with Gasteiger partial charge in [0, 0.05) is 32.2 Å². The Balaban J connectivity index is 1.75. The van der Waals surface area contributed by atoms with E-state index in [1.165, 1.54) is 0 Å². The lowest BCUT2D eigenvalue weighted by Crippen LogP contribution is -2.50. The van der Waals surface area contributed by atoms with E-state index in [0.29, 0.717) is 18.2 Å². The zero-order valence-corrected chi connectivity index (χ0v) is 10.7. The number of nitrogens with zero attached hydrogens (tertiary/aromatic N) is 2. The van der Waals surface area contributed by atoms with Crippen molar-refractivity contribution in [2.24, 2.45) is 0 Å². The standard InChI is InChI=1S/C14H19N3O/c1-12-11-16-6-7-17(12)8-9-18-14-4-2-13(10-15)3-5-14/h2-5,12,16H,6-9,11H2,1H3/t12-/m0/s1. The van der Waals surface area contributed by atoms with Gasteiger partial charge < -0.3 is 10.1 Å². The Morgan fingerprint density at radius 1 is 1.44 bits per heavy atom. The monoisotopic (exact) mass is 245 g/mol. The first-order valence-corrected chi connectivity index (χ1v) is 6.37. The molecular formula is C14H19N3O. The number of hydrogen-bond donors (Lipinski definition) is 1. The van der Waals surface area contributed by atoms with Gasteiger partial charge in [0.25, 0.3) is 0 Å². The molecule has 0 radical (unpaired) electrons. The van der Waals surface area contributed by atoms with E-state index in [4.69, 9.17) is 10.00 Å². The van der Waals surface area contributed by atoms with Crippen LogP contribution in [0.3, 0.4) is 0 Å². The molecule has 1 heterocycles. The van der Waals surface area contributed by atoms with Gasteiger partial charge in [-0.2, -0.15) is 5.26 Å². The van der Waals surface area contributed by atoms with Gasteiger partial charge in [0.05, 0.1) is 11.6 Å². The molecule has 1 fully saturated rings. The van der Waals surface area contributed by atoms with E-state index in [9.17, 15) is 0 Å². The Labute approximate surface area is 108 Å². The highest BCUT2D eigenvalue weighted by Crippen LogP contribution is 2.11. The highest BCUT2D eigenvalue weighted by molar-refractivity contribution is 5.34. The molecule has 0 spiro atoms. The van der Waals surface area contributed by atoms with Crippen molar-refractivity contribution in [1.82, 2.24) is 10.2 Å². The molecule has 0 saturated carbocycles. The van der Waals surface area contributed by atoms with Gasteiger partial charge in [-0.05, 0) is 31.2 Å². The Bertz CT molecular complexity index is 410. The van der Waals surface area contributed by atoms with Crippen LogP contribution >= 0.6 is 0 Å². The van der Waals surface area contributed by atoms with Crippen LogP contribution in [0.5, 0.6) is 5.75 Å². The summed E-state index contributed by atoms with van der Waals surface area (Å²) in [4.78, 5) is 2.43. The van der Waals surface area contributed by atoms with Crippen LogP contribution in [0, 0.1) is 11.3 Å². The topological polar surface area (TPSA) is 48.3 Å². The summed E-state index contributed by atoms with van der Waals surface area (Å²) < 4.78 is 5.69. The van der Waals surface area contributed by atoms with Gasteiger partial charge in [-0.3, -0.25) is 4.90 Å². The van der Waals surface area contributed by atoms with Gasteiger partial charge in [-0.25, -0.2) is 0 Å². The molecule has 1 N–H and O–H groups in total. The van der Waals surface area contributed by atoms with Crippen LogP contribution in [0.2, 0.25) is 0 Å². The SMILES string of the molecule is C[C@H]1CNCCN1CCOc1ccc(C#N)cc1. The average molecular weight is 245 g/mol. The molecule has 0 bridgehead atoms. The highest BCUT2D eigenvalue weighted by atomic mass is 16.5. The molecule has 18 heavy (non-hydrogen) atoms. The number of piperazine rings is 1. The minimum atomic E-state index is 0.573. The van der Waals surface area contributed by atoms with Crippen LogP contribution in [0.25, 0.3) is 0 Å². The average Bonchev–Trinajstić information content (AvgIpc) is 2.42. The van der Waals surface area contributed by atoms with Crippen molar-refractivity contribution in [3.63, 3.8) is 0 Å². The zero-order chi connectivity index (χ0) is 12.8. The second-order valence-corrected chi connectivity index (χ2v) is 4.57. The normalized spacial score (nSPS) is 20.3. The zero-order valence-electron chi connectivity index (χ0n) is 10.7. The van der Waals surface area contributed by atoms with E-state index in [0.717, 1.165) is 31.9 Å². The summed E-state index contributed by atoms with van der Waals surface area (Å²) in [5, 5.41) is 12.1. The van der Waals surface area contributed by atoms with Crippen LogP contribution in [0.15, 0.2) is 24.3 Å². The summed E-state index contributed by atoms with van der Waals surface area (Å²) in [6.07, 6.45) is 0. The third-order valence-corrected chi connectivity index (χ3v) is 3.27. The minimum Gasteiger partial charge on any atom is -0.492 e. The minimum absolute atomic E-state index is 0.573. The van der Waals surface area contributed by atoms with Crippen molar-refractivity contribution in [3.8, 4) is 11.8 Å². The molecule has 1 aliphatic heterocycles. The summed E-state index contributed by atoms with van der Waals surface area (Å²) in [5.74, 6) is 0.830. The maximum absolute atomic E-state index is 8.70. The Morgan fingerprint density at radius 2 is 2.22 bits per heavy atom. The van der Waals surface area contributed by atoms with E-state index in [2.05, 4.69) is 23.2 Å². The van der Waals surface area contributed by atoms with E-state index < -0.39 is 0 Å². The van der Waals surface area contributed by atoms with Crippen LogP contribution in [-0.4, -0.2) is 43.7 Å². The van der Waals surface area contributed by atoms with Crippen LogP contribution in [-0.2, 0) is 0 Å². The number of nitrogens with one attached hydrogen (secondary N) is 1. The Kier molecular flexibility index (Phi) is 4.57. The highest BCUT2D eigenvalue weighted by Gasteiger charge is 2.16. The molecule has 96 valence electrons. The number of rotatable bonds is 4. The summed E-state index contributed by atoms with van der Waals surface area (Å²) >= 11 is 0. The molecular weight excluding hydrogens is 226 g/mol. The fourth-order valence-corrected chi connectivity index (χ4v) is 2.12. The lowest BCUT2D eigenvalue weighted by molar-refractivity contribution is 0.143. The van der Waals surface area contributed by atoms with Gasteiger partial charge in [0.2, 0.25) is 0 Å². The molecule has 0 unspecified atom stereocenters. The molecule has 4 heteroatoms. The van der Waals surface area contributed by atoms with Gasteiger partial charge in [-0.1, -0.05) is 0 Å². The molecule has 0 aromatic heterocycles. The second kappa shape index (κ2) is 6.39. The van der Waals surface area contributed by atoms with Crippen molar-refractivity contribution in [2.45, 2.75) is 13.0 Å². The number of nitriles is 1. The van der Waals surface area contributed by atoms with Crippen molar-refractivity contribution >= 4 is 0 Å².